The van der Waals surface area contributed by atoms with E-state index in [1.54, 1.807) is 0 Å². The monoisotopic (exact) mass is 244 g/mol. The fourth-order valence-corrected chi connectivity index (χ4v) is 3.32. The Labute approximate surface area is 111 Å². The summed E-state index contributed by atoms with van der Waals surface area (Å²) in [5.74, 6) is 0. The fraction of sp³-hybridized carbons (Fsp3) is 0.529. The molecule has 1 fully saturated rings. The number of aliphatic hydroxyl groups is 1. The average Bonchev–Trinajstić information content (AvgIpc) is 2.90. The minimum atomic E-state index is -0.206. The number of rotatable bonds is 6. The Kier molecular flexibility index (Phi) is 4.60. The van der Waals surface area contributed by atoms with Gasteiger partial charge < -0.3 is 5.11 Å². The van der Waals surface area contributed by atoms with Crippen LogP contribution in [0.15, 0.2) is 43.0 Å². The molecule has 1 aromatic rings. The van der Waals surface area contributed by atoms with E-state index < -0.39 is 0 Å². The van der Waals surface area contributed by atoms with Crippen LogP contribution in [-0.2, 0) is 5.41 Å². The summed E-state index contributed by atoms with van der Waals surface area (Å²) in [4.78, 5) is 0. The standard InChI is InChI=1S/C17H24O/c1-2-3-5-12-16(18)17(13-8-9-14-17)15-10-6-4-7-11-15/h2,4,6-7,10-11,16,18H,1,3,5,8-9,12-14H2. The molecule has 0 heterocycles. The second kappa shape index (κ2) is 6.19. The van der Waals surface area contributed by atoms with Gasteiger partial charge in [0.25, 0.3) is 0 Å². The van der Waals surface area contributed by atoms with Gasteiger partial charge in [-0.3, -0.25) is 0 Å². The lowest BCUT2D eigenvalue weighted by Crippen LogP contribution is -2.37. The van der Waals surface area contributed by atoms with Crippen molar-refractivity contribution in [1.82, 2.24) is 0 Å². The van der Waals surface area contributed by atoms with Crippen molar-refractivity contribution in [3.8, 4) is 0 Å². The molecule has 1 aromatic carbocycles. The molecule has 1 N–H and O–H groups in total. The Balaban J connectivity index is 2.14. The van der Waals surface area contributed by atoms with Crippen LogP contribution in [0.25, 0.3) is 0 Å². The Morgan fingerprint density at radius 1 is 1.22 bits per heavy atom. The maximum absolute atomic E-state index is 10.6. The van der Waals surface area contributed by atoms with E-state index in [2.05, 4.69) is 36.9 Å². The second-order valence-electron chi connectivity index (χ2n) is 5.46. The first kappa shape index (κ1) is 13.4. The van der Waals surface area contributed by atoms with E-state index in [-0.39, 0.29) is 11.5 Å². The topological polar surface area (TPSA) is 20.2 Å². The zero-order valence-corrected chi connectivity index (χ0v) is 11.1. The van der Waals surface area contributed by atoms with Crippen LogP contribution in [0.2, 0.25) is 0 Å². The normalized spacial score (nSPS) is 19.6. The van der Waals surface area contributed by atoms with Crippen LogP contribution in [0, 0.1) is 0 Å². The van der Waals surface area contributed by atoms with E-state index >= 15 is 0 Å². The number of allylic oxidation sites excluding steroid dienone is 1. The summed E-state index contributed by atoms with van der Waals surface area (Å²) in [7, 11) is 0. The third-order valence-corrected chi connectivity index (χ3v) is 4.37. The number of aliphatic hydroxyl groups excluding tert-OH is 1. The molecule has 1 aliphatic carbocycles. The first-order chi connectivity index (χ1) is 8.79. The third-order valence-electron chi connectivity index (χ3n) is 4.37. The SMILES string of the molecule is C=CCCCC(O)C1(c2ccccc2)CCCC1. The molecule has 1 unspecified atom stereocenters. The predicted molar refractivity (Wildman–Crippen MR) is 76.6 cm³/mol. The van der Waals surface area contributed by atoms with Crippen molar-refractivity contribution < 1.29 is 5.11 Å². The van der Waals surface area contributed by atoms with Crippen LogP contribution in [0.4, 0.5) is 0 Å². The minimum absolute atomic E-state index is 0.0163. The Morgan fingerprint density at radius 2 is 1.89 bits per heavy atom. The lowest BCUT2D eigenvalue weighted by atomic mass is 9.72. The second-order valence-corrected chi connectivity index (χ2v) is 5.46. The highest BCUT2D eigenvalue weighted by Crippen LogP contribution is 2.45. The maximum atomic E-state index is 10.6. The average molecular weight is 244 g/mol. The van der Waals surface area contributed by atoms with Crippen LogP contribution in [0.3, 0.4) is 0 Å². The van der Waals surface area contributed by atoms with Gasteiger partial charge in [-0.05, 0) is 37.7 Å². The molecule has 1 nitrogen and oxygen atoms in total. The molecule has 2 rings (SSSR count). The van der Waals surface area contributed by atoms with E-state index in [1.807, 2.05) is 6.08 Å². The molecule has 18 heavy (non-hydrogen) atoms. The molecular weight excluding hydrogens is 220 g/mol. The molecule has 0 saturated heterocycles. The quantitative estimate of drug-likeness (QED) is 0.587. The van der Waals surface area contributed by atoms with Crippen molar-refractivity contribution in [1.29, 1.82) is 0 Å². The van der Waals surface area contributed by atoms with Crippen molar-refractivity contribution in [2.24, 2.45) is 0 Å². The van der Waals surface area contributed by atoms with Gasteiger partial charge in [0.15, 0.2) is 0 Å². The minimum Gasteiger partial charge on any atom is -0.392 e. The van der Waals surface area contributed by atoms with Gasteiger partial charge in [-0.15, -0.1) is 6.58 Å². The summed E-state index contributed by atoms with van der Waals surface area (Å²) >= 11 is 0. The first-order valence-electron chi connectivity index (χ1n) is 7.14. The third kappa shape index (κ3) is 2.67. The zero-order chi connectivity index (χ0) is 12.8. The molecule has 98 valence electrons. The summed E-state index contributed by atoms with van der Waals surface area (Å²) in [6.07, 6.45) is 9.42. The van der Waals surface area contributed by atoms with Crippen LogP contribution in [0.1, 0.15) is 50.5 Å². The van der Waals surface area contributed by atoms with Gasteiger partial charge in [0, 0.05) is 5.41 Å². The zero-order valence-electron chi connectivity index (χ0n) is 11.1. The molecule has 0 aromatic heterocycles. The number of hydrogen-bond donors (Lipinski definition) is 1. The van der Waals surface area contributed by atoms with Crippen molar-refractivity contribution >= 4 is 0 Å². The highest BCUT2D eigenvalue weighted by atomic mass is 16.3. The molecule has 1 atom stereocenters. The maximum Gasteiger partial charge on any atom is 0.0636 e. The molecule has 1 saturated carbocycles. The van der Waals surface area contributed by atoms with Crippen molar-refractivity contribution in [2.75, 3.05) is 0 Å². The number of hydrogen-bond acceptors (Lipinski definition) is 1. The van der Waals surface area contributed by atoms with Gasteiger partial charge in [-0.2, -0.15) is 0 Å². The summed E-state index contributed by atoms with van der Waals surface area (Å²) in [5, 5.41) is 10.6. The largest absolute Gasteiger partial charge is 0.392 e. The molecule has 1 aliphatic rings. The molecule has 0 radical (unpaired) electrons. The molecule has 1 heteroatoms. The highest BCUT2D eigenvalue weighted by Gasteiger charge is 2.41. The fourth-order valence-electron chi connectivity index (χ4n) is 3.32. The van der Waals surface area contributed by atoms with Gasteiger partial charge in [0.1, 0.15) is 0 Å². The van der Waals surface area contributed by atoms with Gasteiger partial charge in [-0.1, -0.05) is 49.2 Å². The Hall–Kier alpha value is -1.08. The Bertz CT molecular complexity index is 362. The van der Waals surface area contributed by atoms with Crippen LogP contribution < -0.4 is 0 Å². The predicted octanol–water partition coefficient (Wildman–Crippen LogP) is 4.22. The van der Waals surface area contributed by atoms with Gasteiger partial charge >= 0.3 is 0 Å². The smallest absolute Gasteiger partial charge is 0.0636 e. The highest BCUT2D eigenvalue weighted by molar-refractivity contribution is 5.28. The molecule has 0 spiro atoms. The van der Waals surface area contributed by atoms with Crippen molar-refractivity contribution in [2.45, 2.75) is 56.5 Å². The summed E-state index contributed by atoms with van der Waals surface area (Å²) in [6, 6.07) is 10.6. The molecule has 0 bridgehead atoms. The van der Waals surface area contributed by atoms with E-state index in [0.29, 0.717) is 0 Å². The molecular formula is C17H24O. The lowest BCUT2D eigenvalue weighted by molar-refractivity contribution is 0.0728. The lowest BCUT2D eigenvalue weighted by Gasteiger charge is -2.35. The number of benzene rings is 1. The van der Waals surface area contributed by atoms with Crippen molar-refractivity contribution in [3.05, 3.63) is 48.6 Å². The molecule has 0 aliphatic heterocycles. The summed E-state index contributed by atoms with van der Waals surface area (Å²) in [6.45, 7) is 3.75. The van der Waals surface area contributed by atoms with E-state index in [9.17, 15) is 5.11 Å². The van der Waals surface area contributed by atoms with Crippen LogP contribution in [-0.4, -0.2) is 11.2 Å². The summed E-state index contributed by atoms with van der Waals surface area (Å²) in [5.41, 5.74) is 1.34. The van der Waals surface area contributed by atoms with E-state index in [4.69, 9.17) is 0 Å². The summed E-state index contributed by atoms with van der Waals surface area (Å²) < 4.78 is 0. The van der Waals surface area contributed by atoms with Crippen LogP contribution in [0.5, 0.6) is 0 Å². The molecule has 0 amide bonds. The van der Waals surface area contributed by atoms with Gasteiger partial charge in [-0.25, -0.2) is 0 Å². The van der Waals surface area contributed by atoms with E-state index in [1.165, 1.54) is 18.4 Å². The number of unbranched alkanes of at least 4 members (excludes halogenated alkanes) is 1. The van der Waals surface area contributed by atoms with Crippen molar-refractivity contribution in [3.63, 3.8) is 0 Å². The van der Waals surface area contributed by atoms with Gasteiger partial charge in [0.2, 0.25) is 0 Å². The van der Waals surface area contributed by atoms with Gasteiger partial charge in [0.05, 0.1) is 6.10 Å². The first-order valence-corrected chi connectivity index (χ1v) is 7.14. The van der Waals surface area contributed by atoms with Crippen LogP contribution >= 0.6 is 0 Å². The Morgan fingerprint density at radius 3 is 2.50 bits per heavy atom. The van der Waals surface area contributed by atoms with E-state index in [0.717, 1.165) is 32.1 Å².